The monoisotopic (exact) mass is 728 g/mol. The van der Waals surface area contributed by atoms with Crippen molar-refractivity contribution in [2.75, 3.05) is 0 Å². The molecule has 12 rings (SSSR count). The number of hydrogen-bond acceptors (Lipinski definition) is 3. The lowest BCUT2D eigenvalue weighted by molar-refractivity contribution is 0.670. The molecule has 5 heteroatoms. The predicted molar refractivity (Wildman–Crippen MR) is 234 cm³/mol. The highest BCUT2D eigenvalue weighted by Crippen LogP contribution is 2.43. The lowest BCUT2D eigenvalue weighted by Crippen LogP contribution is -1.99. The molecule has 0 saturated heterocycles. The maximum Gasteiger partial charge on any atom is 0.162 e. The van der Waals surface area contributed by atoms with Crippen molar-refractivity contribution in [1.82, 2.24) is 19.1 Å². The largest absolute Gasteiger partial charge is 0.455 e. The summed E-state index contributed by atoms with van der Waals surface area (Å²) < 4.78 is 11.3. The van der Waals surface area contributed by atoms with Crippen molar-refractivity contribution < 1.29 is 4.42 Å². The van der Waals surface area contributed by atoms with Gasteiger partial charge >= 0.3 is 0 Å². The van der Waals surface area contributed by atoms with Crippen LogP contribution in [0.5, 0.6) is 0 Å². The van der Waals surface area contributed by atoms with Crippen LogP contribution >= 0.6 is 0 Å². The Bertz CT molecular complexity index is 3510. The number of hydrogen-bond donors (Lipinski definition) is 0. The molecule has 0 amide bonds. The smallest absolute Gasteiger partial charge is 0.162 e. The number of benzene rings is 8. The third-order valence-electron chi connectivity index (χ3n) is 11.3. The highest BCUT2D eigenvalue weighted by Gasteiger charge is 2.24. The van der Waals surface area contributed by atoms with Gasteiger partial charge in [0, 0.05) is 49.4 Å². The highest BCUT2D eigenvalue weighted by atomic mass is 16.3. The summed E-state index contributed by atoms with van der Waals surface area (Å²) in [6, 6.07) is 68.3. The Morgan fingerprint density at radius 1 is 0.386 bits per heavy atom. The van der Waals surface area contributed by atoms with E-state index in [4.69, 9.17) is 14.4 Å². The van der Waals surface area contributed by atoms with Gasteiger partial charge in [-0.3, -0.25) is 4.57 Å². The molecule has 0 aliphatic heterocycles. The quantitative estimate of drug-likeness (QED) is 0.177. The summed E-state index contributed by atoms with van der Waals surface area (Å²) in [6.07, 6.45) is 0. The van der Waals surface area contributed by atoms with Gasteiger partial charge < -0.3 is 8.98 Å². The molecule has 0 unspecified atom stereocenters. The molecule has 0 bridgehead atoms. The van der Waals surface area contributed by atoms with E-state index in [1.165, 1.54) is 16.5 Å². The van der Waals surface area contributed by atoms with Crippen LogP contribution in [0.3, 0.4) is 0 Å². The molecular formula is C52H32N4O. The first-order valence-electron chi connectivity index (χ1n) is 19.3. The molecule has 0 N–H and O–H groups in total. The van der Waals surface area contributed by atoms with Gasteiger partial charge in [-0.2, -0.15) is 0 Å². The second-order valence-electron chi connectivity index (χ2n) is 14.6. The molecule has 5 nitrogen and oxygen atoms in total. The lowest BCUT2D eigenvalue weighted by atomic mass is 10.0. The third-order valence-corrected chi connectivity index (χ3v) is 11.3. The van der Waals surface area contributed by atoms with E-state index >= 15 is 0 Å². The van der Waals surface area contributed by atoms with Gasteiger partial charge in [-0.15, -0.1) is 0 Å². The Balaban J connectivity index is 1.18. The van der Waals surface area contributed by atoms with E-state index in [2.05, 4.69) is 191 Å². The van der Waals surface area contributed by atoms with Crippen LogP contribution in [0, 0.1) is 0 Å². The van der Waals surface area contributed by atoms with E-state index in [1.807, 2.05) is 12.1 Å². The second kappa shape index (κ2) is 12.4. The van der Waals surface area contributed by atoms with Crippen molar-refractivity contribution in [2.45, 2.75) is 0 Å². The molecule has 0 spiro atoms. The van der Waals surface area contributed by atoms with Crippen LogP contribution in [0.4, 0.5) is 0 Å². The van der Waals surface area contributed by atoms with Crippen molar-refractivity contribution in [2.24, 2.45) is 0 Å². The van der Waals surface area contributed by atoms with Gasteiger partial charge in [-0.25, -0.2) is 9.97 Å². The molecule has 8 aromatic carbocycles. The molecule has 12 aromatic rings. The van der Waals surface area contributed by atoms with Crippen molar-refractivity contribution in [3.05, 3.63) is 194 Å². The maximum absolute atomic E-state index is 6.66. The summed E-state index contributed by atoms with van der Waals surface area (Å²) in [6.45, 7) is 0. The summed E-state index contributed by atoms with van der Waals surface area (Å²) in [5.41, 5.74) is 13.1. The first-order valence-corrected chi connectivity index (χ1v) is 19.3. The van der Waals surface area contributed by atoms with E-state index in [0.717, 1.165) is 88.5 Å². The SMILES string of the molecule is c1ccc(-c2ccc3c(c2)c2cc(-c4nc(-c5cccc6c5oc5ccccc56)c5c6ccccc6n(-c6ccccc6)c5n4)ccc2n3-c2ccccc2)cc1. The summed E-state index contributed by atoms with van der Waals surface area (Å²) in [5, 5.41) is 6.52. The van der Waals surface area contributed by atoms with Crippen LogP contribution in [-0.2, 0) is 0 Å². The number of nitrogens with zero attached hydrogens (tertiary/aromatic N) is 4. The van der Waals surface area contributed by atoms with E-state index in [1.54, 1.807) is 0 Å². The first-order chi connectivity index (χ1) is 28.3. The number of aromatic nitrogens is 4. The van der Waals surface area contributed by atoms with Gasteiger partial charge in [-0.05, 0) is 83.9 Å². The van der Waals surface area contributed by atoms with Crippen LogP contribution in [0.1, 0.15) is 0 Å². The Labute approximate surface area is 327 Å². The summed E-state index contributed by atoms with van der Waals surface area (Å²) in [7, 11) is 0. The van der Waals surface area contributed by atoms with Crippen molar-refractivity contribution >= 4 is 65.7 Å². The Morgan fingerprint density at radius 3 is 1.72 bits per heavy atom. The van der Waals surface area contributed by atoms with Crippen LogP contribution in [0.15, 0.2) is 199 Å². The van der Waals surface area contributed by atoms with Crippen LogP contribution in [-0.4, -0.2) is 19.1 Å². The molecule has 0 saturated carbocycles. The lowest BCUT2D eigenvalue weighted by Gasteiger charge is -2.11. The fourth-order valence-corrected chi connectivity index (χ4v) is 8.78. The fourth-order valence-electron chi connectivity index (χ4n) is 8.78. The Morgan fingerprint density at radius 2 is 0.965 bits per heavy atom. The Hall–Kier alpha value is -7.76. The maximum atomic E-state index is 6.66. The minimum atomic E-state index is 0.646. The van der Waals surface area contributed by atoms with Crippen LogP contribution < -0.4 is 0 Å². The van der Waals surface area contributed by atoms with E-state index < -0.39 is 0 Å². The van der Waals surface area contributed by atoms with Crippen molar-refractivity contribution in [3.8, 4) is 45.1 Å². The Kier molecular flexibility index (Phi) is 6.86. The normalized spacial score (nSPS) is 11.9. The summed E-state index contributed by atoms with van der Waals surface area (Å²) >= 11 is 0. The topological polar surface area (TPSA) is 48.8 Å². The molecule has 0 fully saturated rings. The molecule has 0 aliphatic carbocycles. The second-order valence-corrected chi connectivity index (χ2v) is 14.6. The standard InChI is InChI=1S/C52H32N4O/c1-4-15-33(16-5-1)34-27-29-45-42(31-34)43-32-35(28-30-46(43)55(45)36-17-6-2-7-18-36)51-53-49(41-24-14-23-39-38-21-11-13-26-47(38)57-50(39)41)48-40-22-10-12-25-44(40)56(52(48)54-51)37-19-8-3-9-20-37/h1-32H. The van der Waals surface area contributed by atoms with E-state index in [-0.39, 0.29) is 0 Å². The number of furan rings is 1. The first kappa shape index (κ1) is 31.6. The molecule has 266 valence electrons. The minimum Gasteiger partial charge on any atom is -0.455 e. The summed E-state index contributed by atoms with van der Waals surface area (Å²) in [5.74, 6) is 0.646. The minimum absolute atomic E-state index is 0.646. The zero-order chi connectivity index (χ0) is 37.5. The van der Waals surface area contributed by atoms with E-state index in [9.17, 15) is 0 Å². The van der Waals surface area contributed by atoms with Gasteiger partial charge in [0.15, 0.2) is 5.82 Å². The van der Waals surface area contributed by atoms with Gasteiger partial charge in [0.1, 0.15) is 16.8 Å². The van der Waals surface area contributed by atoms with Gasteiger partial charge in [-0.1, -0.05) is 121 Å². The molecule has 4 aromatic heterocycles. The molecule has 0 radical (unpaired) electrons. The van der Waals surface area contributed by atoms with Crippen molar-refractivity contribution in [3.63, 3.8) is 0 Å². The number of para-hydroxylation sites is 5. The molecule has 4 heterocycles. The predicted octanol–water partition coefficient (Wildman–Crippen LogP) is 13.6. The summed E-state index contributed by atoms with van der Waals surface area (Å²) in [4.78, 5) is 11.0. The van der Waals surface area contributed by atoms with Gasteiger partial charge in [0.2, 0.25) is 0 Å². The highest BCUT2D eigenvalue weighted by molar-refractivity contribution is 6.18. The average molecular weight is 729 g/mol. The number of rotatable bonds is 5. The number of fused-ring (bicyclic) bond motifs is 9. The van der Waals surface area contributed by atoms with Crippen LogP contribution in [0.25, 0.3) is 111 Å². The van der Waals surface area contributed by atoms with E-state index in [0.29, 0.717) is 5.82 Å². The molecule has 0 aliphatic rings. The van der Waals surface area contributed by atoms with Gasteiger partial charge in [0.05, 0.1) is 27.6 Å². The van der Waals surface area contributed by atoms with Gasteiger partial charge in [0.25, 0.3) is 0 Å². The molecule has 0 atom stereocenters. The molecule has 57 heavy (non-hydrogen) atoms. The fraction of sp³-hybridized carbons (Fsp3) is 0. The molecular weight excluding hydrogens is 697 g/mol. The van der Waals surface area contributed by atoms with Crippen LogP contribution in [0.2, 0.25) is 0 Å². The zero-order valence-corrected chi connectivity index (χ0v) is 30.7. The van der Waals surface area contributed by atoms with Crippen molar-refractivity contribution in [1.29, 1.82) is 0 Å². The zero-order valence-electron chi connectivity index (χ0n) is 30.7. The average Bonchev–Trinajstić information content (AvgIpc) is 3.94. The third kappa shape index (κ3) is 4.82.